The molecule has 2 rings (SSSR count). The van der Waals surface area contributed by atoms with Crippen LogP contribution in [0.4, 0.5) is 0 Å². The van der Waals surface area contributed by atoms with E-state index >= 15 is 0 Å². The van der Waals surface area contributed by atoms with E-state index in [0.29, 0.717) is 29.4 Å². The van der Waals surface area contributed by atoms with Gasteiger partial charge in [0.2, 0.25) is 10.0 Å². The minimum Gasteiger partial charge on any atom is -0.329 e. The lowest BCUT2D eigenvalue weighted by atomic mass is 10.1. The van der Waals surface area contributed by atoms with Crippen LogP contribution in [0.1, 0.15) is 24.2 Å². The van der Waals surface area contributed by atoms with Gasteiger partial charge in [0.05, 0.1) is 17.9 Å². The molecule has 120 valence electrons. The van der Waals surface area contributed by atoms with Gasteiger partial charge in [-0.1, -0.05) is 0 Å². The molecule has 1 fully saturated rings. The van der Waals surface area contributed by atoms with E-state index in [1.165, 1.54) is 0 Å². The molecule has 2 heterocycles. The number of rotatable bonds is 5. The van der Waals surface area contributed by atoms with E-state index in [0.717, 1.165) is 25.9 Å². The van der Waals surface area contributed by atoms with E-state index in [4.69, 9.17) is 5.73 Å². The van der Waals surface area contributed by atoms with Crippen LogP contribution in [0.15, 0.2) is 4.90 Å². The number of sulfonamides is 1. The van der Waals surface area contributed by atoms with E-state index in [9.17, 15) is 8.42 Å². The number of nitrogens with zero attached hydrogens (tertiary/aromatic N) is 3. The number of nitrogens with one attached hydrogen (secondary N) is 1. The topological polar surface area (TPSA) is 93.2 Å². The zero-order valence-electron chi connectivity index (χ0n) is 13.0. The average Bonchev–Trinajstić information content (AvgIpc) is 2.68. The van der Waals surface area contributed by atoms with E-state index < -0.39 is 10.0 Å². The molecule has 0 spiro atoms. The van der Waals surface area contributed by atoms with Crippen molar-refractivity contribution < 1.29 is 8.42 Å². The molecule has 0 atom stereocenters. The summed E-state index contributed by atoms with van der Waals surface area (Å²) in [5, 5.41) is 4.28. The van der Waals surface area contributed by atoms with Crippen LogP contribution < -0.4 is 10.5 Å². The maximum Gasteiger partial charge on any atom is 0.244 e. The molecule has 0 saturated carbocycles. The SMILES string of the molecule is Cc1nn(CCN)c(C)c1S(=O)(=O)NC1CCN(C)CC1. The molecule has 1 saturated heterocycles. The van der Waals surface area contributed by atoms with Crippen LogP contribution >= 0.6 is 0 Å². The van der Waals surface area contributed by atoms with Crippen molar-refractivity contribution in [3.63, 3.8) is 0 Å². The van der Waals surface area contributed by atoms with Crippen molar-refractivity contribution in [2.75, 3.05) is 26.7 Å². The monoisotopic (exact) mass is 315 g/mol. The van der Waals surface area contributed by atoms with Gasteiger partial charge in [-0.2, -0.15) is 5.10 Å². The van der Waals surface area contributed by atoms with Gasteiger partial charge in [0.25, 0.3) is 0 Å². The normalized spacial score (nSPS) is 18.3. The number of nitrogens with two attached hydrogens (primary N) is 1. The maximum absolute atomic E-state index is 12.6. The molecule has 0 radical (unpaired) electrons. The lowest BCUT2D eigenvalue weighted by Gasteiger charge is -2.29. The first-order valence-electron chi connectivity index (χ1n) is 7.30. The fourth-order valence-corrected chi connectivity index (χ4v) is 4.53. The van der Waals surface area contributed by atoms with Crippen molar-refractivity contribution in [1.82, 2.24) is 19.4 Å². The van der Waals surface area contributed by atoms with Gasteiger partial charge >= 0.3 is 0 Å². The van der Waals surface area contributed by atoms with Crippen LogP contribution in [0.25, 0.3) is 0 Å². The van der Waals surface area contributed by atoms with E-state index in [1.807, 2.05) is 0 Å². The Balaban J connectivity index is 2.19. The quantitative estimate of drug-likeness (QED) is 0.787. The zero-order valence-corrected chi connectivity index (χ0v) is 13.8. The summed E-state index contributed by atoms with van der Waals surface area (Å²) in [5.74, 6) is 0. The number of hydrogen-bond acceptors (Lipinski definition) is 5. The third kappa shape index (κ3) is 3.63. The number of piperidine rings is 1. The number of aromatic nitrogens is 2. The number of likely N-dealkylation sites (tertiary alicyclic amines) is 1. The van der Waals surface area contributed by atoms with Crippen molar-refractivity contribution in [3.05, 3.63) is 11.4 Å². The Hall–Kier alpha value is -0.960. The Morgan fingerprint density at radius 2 is 1.95 bits per heavy atom. The molecule has 21 heavy (non-hydrogen) atoms. The van der Waals surface area contributed by atoms with Gasteiger partial charge in [0.1, 0.15) is 4.90 Å². The highest BCUT2D eigenvalue weighted by atomic mass is 32.2. The van der Waals surface area contributed by atoms with Crippen LogP contribution in [0, 0.1) is 13.8 Å². The van der Waals surface area contributed by atoms with Crippen LogP contribution in [0.2, 0.25) is 0 Å². The van der Waals surface area contributed by atoms with Gasteiger partial charge in [-0.15, -0.1) is 0 Å². The fraction of sp³-hybridized carbons (Fsp3) is 0.769. The van der Waals surface area contributed by atoms with Crippen LogP contribution in [-0.4, -0.2) is 55.8 Å². The third-order valence-electron chi connectivity index (χ3n) is 3.97. The van der Waals surface area contributed by atoms with Crippen molar-refractivity contribution in [2.45, 2.75) is 44.2 Å². The summed E-state index contributed by atoms with van der Waals surface area (Å²) in [5.41, 5.74) is 6.71. The van der Waals surface area contributed by atoms with Crippen molar-refractivity contribution in [3.8, 4) is 0 Å². The molecule has 0 aliphatic carbocycles. The summed E-state index contributed by atoms with van der Waals surface area (Å²) >= 11 is 0. The molecule has 3 N–H and O–H groups in total. The molecule has 1 aliphatic rings. The van der Waals surface area contributed by atoms with Gasteiger partial charge < -0.3 is 10.6 Å². The Labute approximate surface area is 126 Å². The molecule has 0 aromatic carbocycles. The minimum atomic E-state index is -3.53. The zero-order chi connectivity index (χ0) is 15.6. The first kappa shape index (κ1) is 16.4. The predicted molar refractivity (Wildman–Crippen MR) is 81.6 cm³/mol. The molecule has 8 heteroatoms. The number of aryl methyl sites for hydroxylation is 1. The molecule has 7 nitrogen and oxygen atoms in total. The highest BCUT2D eigenvalue weighted by molar-refractivity contribution is 7.89. The summed E-state index contributed by atoms with van der Waals surface area (Å²) in [7, 11) is -1.48. The standard InChI is InChI=1S/C13H25N5O2S/c1-10-13(11(2)18(15-10)9-6-14)21(19,20)16-12-4-7-17(3)8-5-12/h12,16H,4-9,14H2,1-3H3. The molecular formula is C13H25N5O2S. The second-order valence-corrected chi connectivity index (χ2v) is 7.36. The Kier molecular flexibility index (Phi) is 5.03. The lowest BCUT2D eigenvalue weighted by Crippen LogP contribution is -2.43. The Morgan fingerprint density at radius 3 is 2.52 bits per heavy atom. The highest BCUT2D eigenvalue weighted by Gasteiger charge is 2.28. The van der Waals surface area contributed by atoms with Gasteiger partial charge in [0, 0.05) is 12.6 Å². The van der Waals surface area contributed by atoms with Gasteiger partial charge in [-0.3, -0.25) is 4.68 Å². The fourth-order valence-electron chi connectivity index (χ4n) is 2.81. The largest absolute Gasteiger partial charge is 0.329 e. The number of hydrogen-bond donors (Lipinski definition) is 2. The summed E-state index contributed by atoms with van der Waals surface area (Å²) in [4.78, 5) is 2.51. The summed E-state index contributed by atoms with van der Waals surface area (Å²) in [6.07, 6.45) is 1.68. The van der Waals surface area contributed by atoms with E-state index in [-0.39, 0.29) is 6.04 Å². The van der Waals surface area contributed by atoms with E-state index in [2.05, 4.69) is 21.8 Å². The lowest BCUT2D eigenvalue weighted by molar-refractivity contribution is 0.248. The third-order valence-corrected chi connectivity index (χ3v) is 5.74. The molecule has 0 unspecified atom stereocenters. The second-order valence-electron chi connectivity index (χ2n) is 5.71. The van der Waals surface area contributed by atoms with Crippen LogP contribution in [-0.2, 0) is 16.6 Å². The van der Waals surface area contributed by atoms with Crippen molar-refractivity contribution >= 4 is 10.0 Å². The average molecular weight is 315 g/mol. The van der Waals surface area contributed by atoms with E-state index in [1.54, 1.807) is 18.5 Å². The first-order chi connectivity index (χ1) is 9.85. The van der Waals surface area contributed by atoms with Crippen LogP contribution in [0.5, 0.6) is 0 Å². The van der Waals surface area contributed by atoms with Gasteiger partial charge in [-0.25, -0.2) is 13.1 Å². The first-order valence-corrected chi connectivity index (χ1v) is 8.78. The molecule has 1 aromatic heterocycles. The van der Waals surface area contributed by atoms with Gasteiger partial charge in [-0.05, 0) is 46.8 Å². The predicted octanol–water partition coefficient (Wildman–Crippen LogP) is -0.169. The van der Waals surface area contributed by atoms with Gasteiger partial charge in [0.15, 0.2) is 0 Å². The second kappa shape index (κ2) is 6.43. The smallest absolute Gasteiger partial charge is 0.244 e. The summed E-state index contributed by atoms with van der Waals surface area (Å²) < 4.78 is 29.8. The molecule has 0 bridgehead atoms. The minimum absolute atomic E-state index is 0.00265. The maximum atomic E-state index is 12.6. The molecule has 1 aliphatic heterocycles. The summed E-state index contributed by atoms with van der Waals surface area (Å²) in [6, 6.07) is 0.00265. The Bertz CT molecular complexity index is 588. The molecule has 0 amide bonds. The molecule has 1 aromatic rings. The van der Waals surface area contributed by atoms with Crippen LogP contribution in [0.3, 0.4) is 0 Å². The van der Waals surface area contributed by atoms with Crippen molar-refractivity contribution in [1.29, 1.82) is 0 Å². The summed E-state index contributed by atoms with van der Waals surface area (Å²) in [6.45, 7) is 6.29. The van der Waals surface area contributed by atoms with Crippen molar-refractivity contribution in [2.24, 2.45) is 5.73 Å². The molecular weight excluding hydrogens is 290 g/mol. The Morgan fingerprint density at radius 1 is 1.33 bits per heavy atom. The highest BCUT2D eigenvalue weighted by Crippen LogP contribution is 2.21.